The first-order valence-electron chi connectivity index (χ1n) is 28.7. The molecule has 0 bridgehead atoms. The molecule has 0 aliphatic carbocycles. The Morgan fingerprint density at radius 1 is 0.427 bits per heavy atom. The third kappa shape index (κ3) is 27.7. The molecule has 8 rings (SSSR count). The van der Waals surface area contributed by atoms with E-state index in [9.17, 15) is 64.4 Å². The maximum absolute atomic E-state index is 12.4. The highest BCUT2D eigenvalue weighted by molar-refractivity contribution is 14.1. The largest absolute Gasteiger partial charge is 0.478 e. The zero-order chi connectivity index (χ0) is 71.9. The van der Waals surface area contributed by atoms with E-state index in [1.165, 1.54) is 60.2 Å². The lowest BCUT2D eigenvalue weighted by Crippen LogP contribution is -2.35. The highest BCUT2D eigenvalue weighted by Crippen LogP contribution is 2.29. The molecule has 2 amide bonds. The number of hydrogen-bond donors (Lipinski definition) is 7. The molecule has 3 atom stereocenters. The summed E-state index contributed by atoms with van der Waals surface area (Å²) in [6.45, 7) is 13.0. The molecule has 28 heteroatoms. The van der Waals surface area contributed by atoms with Gasteiger partial charge in [-0.3, -0.25) is 50.0 Å². The van der Waals surface area contributed by atoms with Gasteiger partial charge in [-0.2, -0.15) is 0 Å². The van der Waals surface area contributed by atoms with Crippen LogP contribution < -0.4 is 22.1 Å². The minimum absolute atomic E-state index is 0.0539. The average molecular weight is 1430 g/mol. The van der Waals surface area contributed by atoms with Gasteiger partial charge in [-0.15, -0.1) is 0 Å². The highest BCUT2D eigenvalue weighted by atomic mass is 127. The zero-order valence-electron chi connectivity index (χ0n) is 53.7. The van der Waals surface area contributed by atoms with E-state index >= 15 is 0 Å². The summed E-state index contributed by atoms with van der Waals surface area (Å²) in [6, 6.07) is 45.3. The smallest absolute Gasteiger partial charge is 0.335 e. The first-order chi connectivity index (χ1) is 45.2. The molecule has 0 aliphatic rings. The van der Waals surface area contributed by atoms with Crippen molar-refractivity contribution in [3.05, 3.63) is 258 Å². The van der Waals surface area contributed by atoms with Gasteiger partial charge in [0.1, 0.15) is 0 Å². The summed E-state index contributed by atoms with van der Waals surface area (Å²) in [5.41, 5.74) is 19.7. The Labute approximate surface area is 565 Å². The fraction of sp³-hybridized carbons (Fsp3) is 0.221. The van der Waals surface area contributed by atoms with Gasteiger partial charge in [0.25, 0.3) is 34.6 Å². The summed E-state index contributed by atoms with van der Waals surface area (Å²) in [4.78, 5) is 96.7. The van der Waals surface area contributed by atoms with Crippen LogP contribution in [0, 0.1) is 64.8 Å². The summed E-state index contributed by atoms with van der Waals surface area (Å²) in [5.74, 6) is -4.03. The van der Waals surface area contributed by atoms with Crippen LogP contribution in [-0.2, 0) is 14.2 Å². The number of amides is 2. The number of nitro groups is 4. The number of benzene rings is 8. The molecule has 0 saturated heterocycles. The minimum Gasteiger partial charge on any atom is -0.478 e. The number of carbonyl (C=O) groups excluding carboxylic acids is 2. The molecule has 8 aromatic rings. The number of ether oxygens (including phenoxy) is 3. The van der Waals surface area contributed by atoms with E-state index in [0.29, 0.717) is 45.8 Å². The van der Waals surface area contributed by atoms with E-state index in [1.54, 1.807) is 52.5 Å². The second kappa shape index (κ2) is 39.6. The summed E-state index contributed by atoms with van der Waals surface area (Å²) in [5, 5.41) is 74.2. The normalized spacial score (nSPS) is 11.1. The van der Waals surface area contributed by atoms with Crippen molar-refractivity contribution in [1.82, 2.24) is 10.6 Å². The second-order valence-corrected chi connectivity index (χ2v) is 22.5. The van der Waals surface area contributed by atoms with Gasteiger partial charge < -0.3 is 51.6 Å². The maximum Gasteiger partial charge on any atom is 0.335 e. The quantitative estimate of drug-likeness (QED) is 0.0161. The van der Waals surface area contributed by atoms with Crippen LogP contribution in [0.1, 0.15) is 89.3 Å². The number of aromatic carboxylic acids is 3. The molecule has 0 spiro atoms. The number of anilines is 1. The van der Waals surface area contributed by atoms with E-state index in [4.69, 9.17) is 36.3 Å². The summed E-state index contributed by atoms with van der Waals surface area (Å²) < 4.78 is 15.2. The van der Waals surface area contributed by atoms with Gasteiger partial charge >= 0.3 is 17.9 Å². The molecule has 0 radical (unpaired) electrons. The number of aryl methyl sites for hydroxylation is 3. The van der Waals surface area contributed by atoms with E-state index in [0.717, 1.165) is 51.6 Å². The molecule has 0 fully saturated rings. The Bertz CT molecular complexity index is 3910. The first kappa shape index (κ1) is 79.3. The summed E-state index contributed by atoms with van der Waals surface area (Å²) >= 11 is 1.83. The number of carbonyl (C=O) groups is 5. The van der Waals surface area contributed by atoms with Crippen LogP contribution in [0.4, 0.5) is 28.4 Å². The molecular formula is C68H73IN8O19. The lowest BCUT2D eigenvalue weighted by atomic mass is 10.0. The fourth-order valence-corrected chi connectivity index (χ4v) is 8.88. The molecule has 8 aromatic carbocycles. The van der Waals surface area contributed by atoms with Crippen molar-refractivity contribution in [3.8, 4) is 33.4 Å². The number of non-ortho nitro benzene ring substituents is 4. The third-order valence-electron chi connectivity index (χ3n) is 12.8. The van der Waals surface area contributed by atoms with Gasteiger partial charge in [-0.1, -0.05) is 95.6 Å². The van der Waals surface area contributed by atoms with Gasteiger partial charge in [0.05, 0.1) is 56.2 Å². The van der Waals surface area contributed by atoms with Crippen LogP contribution in [0.2, 0.25) is 0 Å². The monoisotopic (exact) mass is 1430 g/mol. The third-order valence-corrected chi connectivity index (χ3v) is 13.4. The number of nitrogens with two attached hydrogens (primary N) is 2. The van der Waals surface area contributed by atoms with Gasteiger partial charge in [-0.25, -0.2) is 14.4 Å². The zero-order valence-corrected chi connectivity index (χ0v) is 55.9. The average Bonchev–Trinajstić information content (AvgIpc) is 0.868. The molecule has 96 heavy (non-hydrogen) atoms. The molecule has 0 aromatic heterocycles. The molecule has 0 heterocycles. The molecule has 0 aliphatic heterocycles. The van der Waals surface area contributed by atoms with Crippen molar-refractivity contribution < 1.29 is 73.2 Å². The SMILES string of the molecule is COCC(C)N.COCC(C)NC(=O)c1cc(-c2ccc(C)cc2)cc([N+](=O)[O-])c1.COCC(C)NC(=O)c1cc(N)cc(-c2ccc(C)cc2)c1.Cc1ccc(-c2cc(C(=O)O)cc([N+](=O)[O-])c2)cc1.O=C(O)c1cc(I)cc([N+](=O)[O-])c1.O=C(O)c1cccc([N+](=O)[O-])c1. The van der Waals surface area contributed by atoms with Crippen molar-refractivity contribution in [1.29, 1.82) is 0 Å². The van der Waals surface area contributed by atoms with Crippen LogP contribution in [-0.4, -0.2) is 124 Å². The van der Waals surface area contributed by atoms with Crippen molar-refractivity contribution >= 4 is 80.8 Å². The maximum atomic E-state index is 12.4. The molecule has 27 nitrogen and oxygen atoms in total. The standard InChI is InChI=1S/C18H20N2O4.C18H22N2O2.C14H11NO4.C7H4INO4.C7H5NO4.C4H11NO/c1-12-4-6-14(7-5-12)15-8-16(10-17(9-15)20(22)23)18(21)19-13(2)11-24-3;1-12-4-6-14(7-5-12)15-8-16(10-17(19)9-15)18(21)20-13(2)11-22-3;1-9-2-4-10(5-3-9)11-6-12(14(16)17)8-13(7-11)15(18)19;8-5-1-4(7(10)11)2-6(3-5)9(12)13;9-7(10)5-2-1-3-6(4-5)8(11)12;1-4(5)3-6-2/h4-10,13H,11H2,1-3H3,(H,19,21);4-10,13H,11,19H2,1-3H3,(H,20,21);2-8H,1H3,(H,16,17);1-3H,(H,10,11);1-4H,(H,9,10);4H,3,5H2,1-2H3. The number of carboxylic acid groups (broad SMARTS) is 3. The van der Waals surface area contributed by atoms with Gasteiger partial charge in [0.2, 0.25) is 0 Å². The molecule has 9 N–H and O–H groups in total. The number of halogens is 1. The number of nitrogens with one attached hydrogen (secondary N) is 2. The number of rotatable bonds is 20. The summed E-state index contributed by atoms with van der Waals surface area (Å²) in [6.07, 6.45) is 0. The molecule has 0 saturated carbocycles. The van der Waals surface area contributed by atoms with Crippen LogP contribution in [0.25, 0.3) is 33.4 Å². The lowest BCUT2D eigenvalue weighted by molar-refractivity contribution is -0.385. The van der Waals surface area contributed by atoms with E-state index in [2.05, 4.69) is 15.4 Å². The molecule has 506 valence electrons. The Kier molecular flexibility index (Phi) is 32.7. The minimum atomic E-state index is -1.18. The Hall–Kier alpha value is -10.9. The predicted octanol–water partition coefficient (Wildman–Crippen LogP) is 12.8. The van der Waals surface area contributed by atoms with Gasteiger partial charge in [0, 0.05) is 108 Å². The summed E-state index contributed by atoms with van der Waals surface area (Å²) in [7, 11) is 4.80. The fourth-order valence-electron chi connectivity index (χ4n) is 8.22. The number of nitro benzene ring substituents is 4. The number of hydrogen-bond acceptors (Lipinski definition) is 18. The first-order valence-corrected chi connectivity index (χ1v) is 29.8. The number of methoxy groups -OCH3 is 3. The van der Waals surface area contributed by atoms with Gasteiger partial charge in [-0.05, 0) is 140 Å². The molecular weight excluding hydrogens is 1360 g/mol. The van der Waals surface area contributed by atoms with Crippen molar-refractivity contribution in [2.75, 3.05) is 46.9 Å². The van der Waals surface area contributed by atoms with Crippen LogP contribution in [0.3, 0.4) is 0 Å². The van der Waals surface area contributed by atoms with E-state index < -0.39 is 37.6 Å². The van der Waals surface area contributed by atoms with E-state index in [-0.39, 0.29) is 74.9 Å². The Morgan fingerprint density at radius 3 is 1.09 bits per heavy atom. The van der Waals surface area contributed by atoms with Crippen LogP contribution >= 0.6 is 22.6 Å². The van der Waals surface area contributed by atoms with Crippen LogP contribution in [0.5, 0.6) is 0 Å². The topological polar surface area (TPSA) is 422 Å². The van der Waals surface area contributed by atoms with E-state index in [1.807, 2.05) is 130 Å². The van der Waals surface area contributed by atoms with Gasteiger partial charge in [0.15, 0.2) is 0 Å². The molecule has 3 unspecified atom stereocenters. The van der Waals surface area contributed by atoms with Crippen molar-refractivity contribution in [3.63, 3.8) is 0 Å². The van der Waals surface area contributed by atoms with Crippen molar-refractivity contribution in [2.45, 2.75) is 59.7 Å². The van der Waals surface area contributed by atoms with Crippen molar-refractivity contribution in [2.24, 2.45) is 5.73 Å². The number of nitrogen functional groups attached to an aromatic ring is 1. The highest BCUT2D eigenvalue weighted by Gasteiger charge is 2.19. The number of carboxylic acids is 3. The Balaban J connectivity index is 0.000000312. The van der Waals surface area contributed by atoms with Crippen LogP contribution in [0.15, 0.2) is 170 Å². The lowest BCUT2D eigenvalue weighted by Gasteiger charge is -2.14. The Morgan fingerprint density at radius 2 is 0.750 bits per heavy atom. The predicted molar refractivity (Wildman–Crippen MR) is 370 cm³/mol. The second-order valence-electron chi connectivity index (χ2n) is 21.3. The number of nitrogens with zero attached hydrogens (tertiary/aromatic N) is 4.